The van der Waals surface area contributed by atoms with E-state index in [0.29, 0.717) is 12.4 Å². The third-order valence-electron chi connectivity index (χ3n) is 2.81. The van der Waals surface area contributed by atoms with Crippen LogP contribution in [0.15, 0.2) is 17.8 Å². The smallest absolute Gasteiger partial charge is 0.193 e. The lowest BCUT2D eigenvalue weighted by molar-refractivity contribution is 0.606. The van der Waals surface area contributed by atoms with Crippen LogP contribution in [0.5, 0.6) is 0 Å². The number of nitrogens with two attached hydrogens (primary N) is 1. The summed E-state index contributed by atoms with van der Waals surface area (Å²) in [5.41, 5.74) is 7.79. The van der Waals surface area contributed by atoms with E-state index in [1.54, 1.807) is 11.3 Å². The SMILES string of the molecule is CCCc1c(N)nnn1Cc1cn2ccsc2n1. The van der Waals surface area contributed by atoms with E-state index in [0.717, 1.165) is 29.2 Å². The number of hydrogen-bond acceptors (Lipinski definition) is 5. The molecule has 0 atom stereocenters. The summed E-state index contributed by atoms with van der Waals surface area (Å²) in [6.07, 6.45) is 5.93. The van der Waals surface area contributed by atoms with Gasteiger partial charge in [-0.15, -0.1) is 16.4 Å². The molecule has 0 radical (unpaired) electrons. The van der Waals surface area contributed by atoms with Crippen LogP contribution >= 0.6 is 11.3 Å². The van der Waals surface area contributed by atoms with Crippen LogP contribution in [0.3, 0.4) is 0 Å². The Morgan fingerprint density at radius 2 is 2.33 bits per heavy atom. The van der Waals surface area contributed by atoms with Crippen molar-refractivity contribution in [1.82, 2.24) is 24.4 Å². The van der Waals surface area contributed by atoms with Crippen molar-refractivity contribution in [3.8, 4) is 0 Å². The van der Waals surface area contributed by atoms with Crippen LogP contribution in [-0.4, -0.2) is 24.4 Å². The van der Waals surface area contributed by atoms with Gasteiger partial charge in [0, 0.05) is 17.8 Å². The lowest BCUT2D eigenvalue weighted by Crippen LogP contribution is -2.07. The molecule has 18 heavy (non-hydrogen) atoms. The quantitative estimate of drug-likeness (QED) is 0.774. The largest absolute Gasteiger partial charge is 0.381 e. The highest BCUT2D eigenvalue weighted by atomic mass is 32.1. The zero-order valence-corrected chi connectivity index (χ0v) is 10.9. The van der Waals surface area contributed by atoms with E-state index >= 15 is 0 Å². The fourth-order valence-electron chi connectivity index (χ4n) is 1.97. The van der Waals surface area contributed by atoms with Gasteiger partial charge in [0.1, 0.15) is 0 Å². The zero-order valence-electron chi connectivity index (χ0n) is 10.1. The van der Waals surface area contributed by atoms with Gasteiger partial charge in [0.25, 0.3) is 0 Å². The maximum atomic E-state index is 5.82. The normalized spacial score (nSPS) is 11.4. The molecular weight excluding hydrogens is 248 g/mol. The van der Waals surface area contributed by atoms with E-state index in [4.69, 9.17) is 5.73 Å². The number of rotatable bonds is 4. The van der Waals surface area contributed by atoms with Crippen molar-refractivity contribution in [3.05, 3.63) is 29.2 Å². The predicted octanol–water partition coefficient (Wildman–Crippen LogP) is 1.57. The third-order valence-corrected chi connectivity index (χ3v) is 3.58. The van der Waals surface area contributed by atoms with Crippen LogP contribution in [0, 0.1) is 0 Å². The number of thiazole rings is 1. The van der Waals surface area contributed by atoms with Gasteiger partial charge < -0.3 is 5.73 Å². The Labute approximate surface area is 108 Å². The number of anilines is 1. The maximum absolute atomic E-state index is 5.82. The van der Waals surface area contributed by atoms with Crippen LogP contribution in [0.4, 0.5) is 5.82 Å². The summed E-state index contributed by atoms with van der Waals surface area (Å²) in [6, 6.07) is 0. The number of nitrogen functional groups attached to an aromatic ring is 1. The Bertz CT molecular complexity index is 635. The van der Waals surface area contributed by atoms with Crippen LogP contribution in [0.2, 0.25) is 0 Å². The molecule has 3 aromatic rings. The van der Waals surface area contributed by atoms with Crippen molar-refractivity contribution in [2.24, 2.45) is 0 Å². The summed E-state index contributed by atoms with van der Waals surface area (Å²) in [5.74, 6) is 0.526. The standard InChI is InChI=1S/C11H14N6S/c1-2-3-9-10(12)14-15-17(9)7-8-6-16-4-5-18-11(16)13-8/h4-6H,2-3,7,12H2,1H3. The van der Waals surface area contributed by atoms with Gasteiger partial charge in [0.15, 0.2) is 10.8 Å². The minimum absolute atomic E-state index is 0.526. The van der Waals surface area contributed by atoms with E-state index in [-0.39, 0.29) is 0 Å². The zero-order chi connectivity index (χ0) is 12.5. The van der Waals surface area contributed by atoms with Gasteiger partial charge in [-0.2, -0.15) is 0 Å². The molecule has 0 fully saturated rings. The van der Waals surface area contributed by atoms with Crippen molar-refractivity contribution >= 4 is 22.1 Å². The van der Waals surface area contributed by atoms with E-state index < -0.39 is 0 Å². The van der Waals surface area contributed by atoms with Crippen LogP contribution in [0.25, 0.3) is 4.96 Å². The molecule has 0 aromatic carbocycles. The Morgan fingerprint density at radius 1 is 1.44 bits per heavy atom. The number of imidazole rings is 1. The molecule has 2 N–H and O–H groups in total. The van der Waals surface area contributed by atoms with E-state index in [2.05, 4.69) is 22.2 Å². The first kappa shape index (κ1) is 11.2. The first-order chi connectivity index (χ1) is 8.78. The van der Waals surface area contributed by atoms with Gasteiger partial charge in [-0.25, -0.2) is 9.67 Å². The van der Waals surface area contributed by atoms with Gasteiger partial charge in [0.05, 0.1) is 17.9 Å². The summed E-state index contributed by atoms with van der Waals surface area (Å²) in [5, 5.41) is 10.0. The molecule has 0 bridgehead atoms. The van der Waals surface area contributed by atoms with Crippen LogP contribution in [-0.2, 0) is 13.0 Å². The number of nitrogens with zero attached hydrogens (tertiary/aromatic N) is 5. The Hall–Kier alpha value is -1.89. The van der Waals surface area contributed by atoms with Crippen molar-refractivity contribution in [3.63, 3.8) is 0 Å². The molecular formula is C11H14N6S. The Morgan fingerprint density at radius 3 is 3.11 bits per heavy atom. The van der Waals surface area contributed by atoms with Crippen molar-refractivity contribution < 1.29 is 0 Å². The molecule has 0 unspecified atom stereocenters. The summed E-state index contributed by atoms with van der Waals surface area (Å²) in [6.45, 7) is 2.73. The minimum atomic E-state index is 0.526. The predicted molar refractivity (Wildman–Crippen MR) is 70.6 cm³/mol. The van der Waals surface area contributed by atoms with Gasteiger partial charge in [-0.1, -0.05) is 18.6 Å². The molecule has 6 nitrogen and oxygen atoms in total. The summed E-state index contributed by atoms with van der Waals surface area (Å²) in [7, 11) is 0. The topological polar surface area (TPSA) is 74.0 Å². The first-order valence-corrected chi connectivity index (χ1v) is 6.75. The molecule has 0 aliphatic rings. The van der Waals surface area contributed by atoms with Gasteiger partial charge in [-0.3, -0.25) is 4.40 Å². The highest BCUT2D eigenvalue weighted by molar-refractivity contribution is 7.15. The summed E-state index contributed by atoms with van der Waals surface area (Å²) >= 11 is 1.62. The van der Waals surface area contributed by atoms with E-state index in [1.165, 1.54) is 0 Å². The Kier molecular flexibility index (Phi) is 2.75. The lowest BCUT2D eigenvalue weighted by Gasteiger charge is -2.03. The molecule has 0 spiro atoms. The summed E-state index contributed by atoms with van der Waals surface area (Å²) in [4.78, 5) is 5.53. The average molecular weight is 262 g/mol. The molecule has 94 valence electrons. The van der Waals surface area contributed by atoms with E-state index in [9.17, 15) is 0 Å². The second kappa shape index (κ2) is 4.41. The van der Waals surface area contributed by atoms with Crippen molar-refractivity contribution in [2.75, 3.05) is 5.73 Å². The molecule has 3 aromatic heterocycles. The number of fused-ring (bicyclic) bond motifs is 1. The monoisotopic (exact) mass is 262 g/mol. The molecule has 0 saturated carbocycles. The second-order valence-corrected chi connectivity index (χ2v) is 5.03. The molecule has 7 heteroatoms. The molecule has 3 heterocycles. The molecule has 0 aliphatic heterocycles. The van der Waals surface area contributed by atoms with Gasteiger partial charge in [-0.05, 0) is 6.42 Å². The molecule has 3 rings (SSSR count). The van der Waals surface area contributed by atoms with E-state index in [1.807, 2.05) is 26.9 Å². The minimum Gasteiger partial charge on any atom is -0.381 e. The second-order valence-electron chi connectivity index (χ2n) is 4.15. The van der Waals surface area contributed by atoms with Crippen molar-refractivity contribution in [1.29, 1.82) is 0 Å². The average Bonchev–Trinajstić information content (AvgIpc) is 2.99. The Balaban J connectivity index is 1.89. The van der Waals surface area contributed by atoms with Crippen LogP contribution < -0.4 is 5.73 Å². The van der Waals surface area contributed by atoms with Crippen LogP contribution in [0.1, 0.15) is 24.7 Å². The fourth-order valence-corrected chi connectivity index (χ4v) is 2.69. The van der Waals surface area contributed by atoms with Gasteiger partial charge in [0.2, 0.25) is 0 Å². The highest BCUT2D eigenvalue weighted by Gasteiger charge is 2.11. The lowest BCUT2D eigenvalue weighted by atomic mass is 10.2. The molecule has 0 saturated heterocycles. The van der Waals surface area contributed by atoms with Gasteiger partial charge >= 0.3 is 0 Å². The highest BCUT2D eigenvalue weighted by Crippen LogP contribution is 2.15. The number of hydrogen-bond donors (Lipinski definition) is 1. The maximum Gasteiger partial charge on any atom is 0.193 e. The molecule has 0 amide bonds. The fraction of sp³-hybridized carbons (Fsp3) is 0.364. The first-order valence-electron chi connectivity index (χ1n) is 5.87. The third kappa shape index (κ3) is 1.86. The summed E-state index contributed by atoms with van der Waals surface area (Å²) < 4.78 is 3.85. The molecule has 0 aliphatic carbocycles. The van der Waals surface area contributed by atoms with Crippen molar-refractivity contribution in [2.45, 2.75) is 26.3 Å². The number of aromatic nitrogens is 5.